The van der Waals surface area contributed by atoms with Gasteiger partial charge in [0, 0.05) is 71.0 Å². The van der Waals surface area contributed by atoms with Crippen molar-refractivity contribution in [3.63, 3.8) is 0 Å². The van der Waals surface area contributed by atoms with E-state index in [9.17, 15) is 0 Å². The number of pyridine rings is 1. The first-order valence-electron chi connectivity index (χ1n) is 20.4. The molecule has 4 heterocycles. The first-order chi connectivity index (χ1) is 29.4. The fourth-order valence-electron chi connectivity index (χ4n) is 8.66. The number of hydrogen-bond donors (Lipinski definition) is 0. The van der Waals surface area contributed by atoms with Gasteiger partial charge in [0.25, 0.3) is 0 Å². The summed E-state index contributed by atoms with van der Waals surface area (Å²) < 4.78 is 10.6. The quantitative estimate of drug-likeness (QED) is 0.160. The van der Waals surface area contributed by atoms with E-state index in [-0.39, 0.29) is 5.41 Å². The summed E-state index contributed by atoms with van der Waals surface area (Å²) in [6.45, 7) is 7.42. The van der Waals surface area contributed by atoms with Gasteiger partial charge in [-0.25, -0.2) is 0 Å². The molecule has 0 amide bonds. The molecule has 0 N–H and O–H groups in total. The van der Waals surface area contributed by atoms with Crippen molar-refractivity contribution >= 4 is 75.7 Å². The first-order valence-corrected chi connectivity index (χ1v) is 22.0. The normalized spacial score (nSPS) is 12.8. The van der Waals surface area contributed by atoms with E-state index in [1.54, 1.807) is 11.3 Å². The van der Waals surface area contributed by atoms with E-state index >= 15 is 0 Å². The number of hydrogen-bond acceptors (Lipinski definition) is 6. The van der Waals surface area contributed by atoms with E-state index in [0.29, 0.717) is 6.67 Å². The number of anilines is 4. The van der Waals surface area contributed by atoms with E-state index < -0.39 is 0 Å². The Morgan fingerprint density at radius 2 is 1.22 bits per heavy atom. The number of aromatic nitrogens is 1. The highest BCUT2D eigenvalue weighted by molar-refractivity contribution is 7.27. The summed E-state index contributed by atoms with van der Waals surface area (Å²) >= 11 is 3.54. The van der Waals surface area contributed by atoms with Gasteiger partial charge in [-0.05, 0) is 70.6 Å². The van der Waals surface area contributed by atoms with Crippen LogP contribution in [-0.2, 0) is 5.41 Å². The number of thiophene rings is 2. The van der Waals surface area contributed by atoms with Gasteiger partial charge >= 0.3 is 0 Å². The summed E-state index contributed by atoms with van der Waals surface area (Å²) in [6, 6.07) is 63.1. The smallest absolute Gasteiger partial charge is 0.182 e. The van der Waals surface area contributed by atoms with Gasteiger partial charge in [-0.3, -0.25) is 4.98 Å². The molecule has 0 saturated heterocycles. The third-order valence-corrected chi connectivity index (χ3v) is 13.8. The summed E-state index contributed by atoms with van der Waals surface area (Å²) in [4.78, 5) is 9.86. The van der Waals surface area contributed by atoms with Gasteiger partial charge in [-0.2, -0.15) is 0 Å². The molecule has 0 spiro atoms. The molecule has 1 aliphatic heterocycles. The molecule has 0 aliphatic carbocycles. The fraction of sp³-hybridized carbons (Fsp3) is 0.0926. The summed E-state index contributed by atoms with van der Waals surface area (Å²) in [5, 5.41) is 4.56. The minimum absolute atomic E-state index is 0.00114. The average Bonchev–Trinajstić information content (AvgIpc) is 3.99. The Morgan fingerprint density at radius 1 is 0.550 bits per heavy atom. The van der Waals surface area contributed by atoms with Crippen molar-refractivity contribution in [3.05, 3.63) is 188 Å². The topological polar surface area (TPSA) is 28.6 Å². The zero-order valence-corrected chi connectivity index (χ0v) is 35.2. The molecule has 1 aliphatic rings. The molecule has 0 atom stereocenters. The molecule has 290 valence electrons. The maximum Gasteiger partial charge on any atom is 0.182 e. The Morgan fingerprint density at radius 3 is 1.95 bits per heavy atom. The fourth-order valence-corrected chi connectivity index (χ4v) is 10.9. The number of ether oxygens (including phenoxy) is 1. The van der Waals surface area contributed by atoms with Crippen LogP contribution in [0.15, 0.2) is 182 Å². The van der Waals surface area contributed by atoms with Gasteiger partial charge in [0.2, 0.25) is 0 Å². The second-order valence-corrected chi connectivity index (χ2v) is 18.5. The molecular formula is C54H41N3OS2. The summed E-state index contributed by atoms with van der Waals surface area (Å²) in [6.07, 6.45) is 1.96. The van der Waals surface area contributed by atoms with Crippen LogP contribution < -0.4 is 14.5 Å². The molecular weight excluding hydrogens is 771 g/mol. The number of fused-ring (bicyclic) bond motifs is 5. The molecule has 11 rings (SSSR count). The van der Waals surface area contributed by atoms with Crippen molar-refractivity contribution in [2.24, 2.45) is 0 Å². The Balaban J connectivity index is 0.989. The zero-order valence-electron chi connectivity index (χ0n) is 33.6. The lowest BCUT2D eigenvalue weighted by atomic mass is 9.86. The third kappa shape index (κ3) is 6.31. The molecule has 0 unspecified atom stereocenters. The number of benzene rings is 7. The van der Waals surface area contributed by atoms with Gasteiger partial charge in [-0.15, -0.1) is 11.3 Å². The lowest BCUT2D eigenvalue weighted by molar-refractivity contribution is 0.497. The minimum Gasteiger partial charge on any atom is -0.447 e. The lowest BCUT2D eigenvalue weighted by Crippen LogP contribution is -2.24. The molecule has 60 heavy (non-hydrogen) atoms. The Kier molecular flexibility index (Phi) is 8.80. The maximum atomic E-state index is 6.84. The predicted octanol–water partition coefficient (Wildman–Crippen LogP) is 16.0. The van der Waals surface area contributed by atoms with Crippen molar-refractivity contribution < 1.29 is 4.74 Å². The maximum absolute atomic E-state index is 6.84. The van der Waals surface area contributed by atoms with Crippen LogP contribution >= 0.6 is 22.7 Å². The molecule has 0 bridgehead atoms. The van der Waals surface area contributed by atoms with E-state index in [1.807, 2.05) is 17.5 Å². The van der Waals surface area contributed by atoms with E-state index in [0.717, 1.165) is 33.6 Å². The molecule has 3 aromatic heterocycles. The first kappa shape index (κ1) is 36.4. The van der Waals surface area contributed by atoms with Crippen molar-refractivity contribution in [1.29, 1.82) is 0 Å². The summed E-state index contributed by atoms with van der Waals surface area (Å²) in [5.41, 5.74) is 12.8. The van der Waals surface area contributed by atoms with E-state index in [4.69, 9.17) is 9.72 Å². The van der Waals surface area contributed by atoms with Gasteiger partial charge in [0.1, 0.15) is 12.4 Å². The van der Waals surface area contributed by atoms with Crippen LogP contribution in [0.1, 0.15) is 26.3 Å². The molecule has 10 aromatic rings. The second kappa shape index (κ2) is 14.5. The van der Waals surface area contributed by atoms with Gasteiger partial charge in [0.05, 0.1) is 22.8 Å². The molecule has 0 fully saturated rings. The standard InChI is InChI=1S/C54H41N3OS2/c1-54(2,3)37-28-29-55-45(30-37)51-44-33-50(59-49(44)32-43-42-22-10-13-27-48(42)60-53(43)51)58-39-21-14-20-38(31-39)56-34-57(47-26-12-11-25-46(47)56)52-40(35-16-6-4-7-17-35)23-15-24-41(52)36-18-8-5-9-19-36/h4-33H,34H2,1-3H3. The van der Waals surface area contributed by atoms with Crippen molar-refractivity contribution in [1.82, 2.24) is 4.98 Å². The van der Waals surface area contributed by atoms with Crippen molar-refractivity contribution in [3.8, 4) is 44.3 Å². The molecule has 4 nitrogen and oxygen atoms in total. The number of rotatable bonds is 7. The van der Waals surface area contributed by atoms with Crippen LogP contribution in [0.4, 0.5) is 22.7 Å². The summed E-state index contributed by atoms with van der Waals surface area (Å²) in [5.74, 6) is 0.798. The Bertz CT molecular complexity index is 3160. The zero-order chi connectivity index (χ0) is 40.4. The Hall–Kier alpha value is -6.73. The van der Waals surface area contributed by atoms with Crippen LogP contribution in [0.5, 0.6) is 10.8 Å². The average molecular weight is 812 g/mol. The van der Waals surface area contributed by atoms with Crippen LogP contribution in [0.2, 0.25) is 0 Å². The number of para-hydroxylation sites is 3. The largest absolute Gasteiger partial charge is 0.447 e. The Labute approximate surface area is 358 Å². The molecule has 6 heteroatoms. The van der Waals surface area contributed by atoms with Crippen LogP contribution in [0.3, 0.4) is 0 Å². The monoisotopic (exact) mass is 811 g/mol. The third-order valence-electron chi connectivity index (χ3n) is 11.6. The number of nitrogens with zero attached hydrogens (tertiary/aromatic N) is 3. The molecule has 7 aromatic carbocycles. The predicted molar refractivity (Wildman–Crippen MR) is 256 cm³/mol. The highest BCUT2D eigenvalue weighted by Crippen LogP contribution is 2.51. The highest BCUT2D eigenvalue weighted by Gasteiger charge is 2.31. The second-order valence-electron chi connectivity index (χ2n) is 16.4. The van der Waals surface area contributed by atoms with Gasteiger partial charge < -0.3 is 14.5 Å². The van der Waals surface area contributed by atoms with Crippen molar-refractivity contribution in [2.75, 3.05) is 16.5 Å². The minimum atomic E-state index is 0.00114. The SMILES string of the molecule is CC(C)(C)c1ccnc(-c2c3cc(Oc4cccc(N5CN(c6c(-c7ccccc7)cccc6-c6ccccc6)c6ccccc65)c4)sc3cc3c2sc2ccccc23)c1. The summed E-state index contributed by atoms with van der Waals surface area (Å²) in [7, 11) is 0. The van der Waals surface area contributed by atoms with E-state index in [2.05, 4.69) is 206 Å². The molecule has 0 saturated carbocycles. The van der Waals surface area contributed by atoms with Gasteiger partial charge in [-0.1, -0.05) is 147 Å². The van der Waals surface area contributed by atoms with Gasteiger partial charge in [0.15, 0.2) is 5.06 Å². The molecule has 0 radical (unpaired) electrons. The highest BCUT2D eigenvalue weighted by atomic mass is 32.1. The lowest BCUT2D eigenvalue weighted by Gasteiger charge is -2.27. The van der Waals surface area contributed by atoms with Crippen LogP contribution in [0, 0.1) is 0 Å². The van der Waals surface area contributed by atoms with Crippen LogP contribution in [0.25, 0.3) is 63.8 Å². The van der Waals surface area contributed by atoms with Crippen molar-refractivity contribution in [2.45, 2.75) is 26.2 Å². The van der Waals surface area contributed by atoms with Crippen LogP contribution in [-0.4, -0.2) is 11.7 Å². The van der Waals surface area contributed by atoms with E-state index in [1.165, 1.54) is 69.3 Å².